The van der Waals surface area contributed by atoms with Crippen molar-refractivity contribution >= 4 is 0 Å². The Hall–Kier alpha value is -1.58. The maximum atomic E-state index is 12.5. The van der Waals surface area contributed by atoms with Gasteiger partial charge in [0.1, 0.15) is 0 Å². The third kappa shape index (κ3) is 4.02. The van der Waals surface area contributed by atoms with Gasteiger partial charge in [0.15, 0.2) is 6.04 Å². The number of hydrogen-bond acceptors (Lipinski definition) is 3. The second kappa shape index (κ2) is 6.38. The van der Waals surface area contributed by atoms with Crippen molar-refractivity contribution in [2.45, 2.75) is 18.3 Å². The fraction of sp³-hybridized carbons (Fsp3) is 0.417. The van der Waals surface area contributed by atoms with Crippen LogP contribution < -0.4 is 5.32 Å². The summed E-state index contributed by atoms with van der Waals surface area (Å²) in [5.41, 5.74) is 0.642. The molecule has 0 aliphatic carbocycles. The van der Waals surface area contributed by atoms with Crippen molar-refractivity contribution in [3.8, 4) is 6.07 Å². The zero-order valence-electron chi connectivity index (χ0n) is 9.74. The highest BCUT2D eigenvalue weighted by Gasteiger charge is 2.41. The zero-order valence-corrected chi connectivity index (χ0v) is 9.74. The lowest BCUT2D eigenvalue weighted by atomic mass is 10.1. The number of nitriles is 1. The summed E-state index contributed by atoms with van der Waals surface area (Å²) in [7, 11) is 1.40. The Bertz CT molecular complexity index is 400. The first-order valence-electron chi connectivity index (χ1n) is 5.25. The lowest BCUT2D eigenvalue weighted by Crippen LogP contribution is -2.44. The minimum Gasteiger partial charge on any atom is -0.383 e. The molecule has 0 fully saturated rings. The van der Waals surface area contributed by atoms with Gasteiger partial charge in [-0.2, -0.15) is 18.4 Å². The van der Waals surface area contributed by atoms with Crippen molar-refractivity contribution in [1.82, 2.24) is 5.32 Å². The minimum atomic E-state index is -4.60. The Morgan fingerprint density at radius 1 is 1.33 bits per heavy atom. The van der Waals surface area contributed by atoms with E-state index in [1.54, 1.807) is 30.3 Å². The van der Waals surface area contributed by atoms with E-state index >= 15 is 0 Å². The fourth-order valence-electron chi connectivity index (χ4n) is 1.50. The number of benzene rings is 1. The molecular formula is C12H13F3N2O. The molecule has 0 aromatic heterocycles. The van der Waals surface area contributed by atoms with Crippen molar-refractivity contribution in [3.63, 3.8) is 0 Å². The Morgan fingerprint density at radius 2 is 1.94 bits per heavy atom. The van der Waals surface area contributed by atoms with Gasteiger partial charge >= 0.3 is 6.18 Å². The van der Waals surface area contributed by atoms with Crippen LogP contribution in [0.5, 0.6) is 0 Å². The summed E-state index contributed by atoms with van der Waals surface area (Å²) in [6.07, 6.45) is -4.60. The highest BCUT2D eigenvalue weighted by Crippen LogP contribution is 2.23. The first kappa shape index (κ1) is 14.5. The summed E-state index contributed by atoms with van der Waals surface area (Å²) >= 11 is 0. The van der Waals surface area contributed by atoms with E-state index in [1.807, 2.05) is 0 Å². The largest absolute Gasteiger partial charge is 0.417 e. The van der Waals surface area contributed by atoms with Crippen molar-refractivity contribution in [1.29, 1.82) is 5.26 Å². The smallest absolute Gasteiger partial charge is 0.383 e. The van der Waals surface area contributed by atoms with Gasteiger partial charge in [0, 0.05) is 7.11 Å². The lowest BCUT2D eigenvalue weighted by Gasteiger charge is -2.23. The first-order chi connectivity index (χ1) is 8.49. The second-order valence-electron chi connectivity index (χ2n) is 3.69. The molecule has 0 saturated carbocycles. The van der Waals surface area contributed by atoms with Crippen LogP contribution in [0.25, 0.3) is 0 Å². The lowest BCUT2D eigenvalue weighted by molar-refractivity contribution is -0.145. The summed E-state index contributed by atoms with van der Waals surface area (Å²) in [5.74, 6) is 0. The van der Waals surface area contributed by atoms with E-state index in [-0.39, 0.29) is 6.61 Å². The Labute approximate surface area is 103 Å². The third-order valence-corrected chi connectivity index (χ3v) is 2.36. The van der Waals surface area contributed by atoms with Gasteiger partial charge in [0.2, 0.25) is 0 Å². The highest BCUT2D eigenvalue weighted by molar-refractivity contribution is 5.20. The maximum absolute atomic E-state index is 12.5. The molecule has 0 heterocycles. The predicted octanol–water partition coefficient (Wildman–Crippen LogP) is 2.42. The van der Waals surface area contributed by atoms with Gasteiger partial charge in [-0.15, -0.1) is 0 Å². The van der Waals surface area contributed by atoms with Crippen LogP contribution in [0.3, 0.4) is 0 Å². The number of nitrogens with zero attached hydrogens (tertiary/aromatic N) is 1. The number of hydrogen-bond donors (Lipinski definition) is 1. The zero-order chi connectivity index (χ0) is 13.6. The van der Waals surface area contributed by atoms with E-state index in [0.29, 0.717) is 5.56 Å². The van der Waals surface area contributed by atoms with E-state index in [2.05, 4.69) is 5.32 Å². The molecule has 1 unspecified atom stereocenters. The molecule has 0 aliphatic heterocycles. The van der Waals surface area contributed by atoms with Crippen LogP contribution in [0.15, 0.2) is 30.3 Å². The molecule has 18 heavy (non-hydrogen) atoms. The third-order valence-electron chi connectivity index (χ3n) is 2.36. The fourth-order valence-corrected chi connectivity index (χ4v) is 1.50. The van der Waals surface area contributed by atoms with Gasteiger partial charge in [-0.25, -0.2) is 0 Å². The number of alkyl halides is 3. The molecule has 6 heteroatoms. The molecule has 0 bridgehead atoms. The average molecular weight is 258 g/mol. The van der Waals surface area contributed by atoms with Gasteiger partial charge in [0.25, 0.3) is 0 Å². The topological polar surface area (TPSA) is 45.0 Å². The average Bonchev–Trinajstić information content (AvgIpc) is 2.34. The molecular weight excluding hydrogens is 245 g/mol. The molecule has 3 nitrogen and oxygen atoms in total. The van der Waals surface area contributed by atoms with E-state index < -0.39 is 18.3 Å². The van der Waals surface area contributed by atoms with Crippen LogP contribution in [0.4, 0.5) is 13.2 Å². The van der Waals surface area contributed by atoms with Crippen molar-refractivity contribution in [2.24, 2.45) is 0 Å². The number of halogens is 3. The monoisotopic (exact) mass is 258 g/mol. The standard InChI is InChI=1S/C12H13F3N2O/c1-18-8-10(9-5-3-2-4-6-9)17-11(7-16)12(13,14)15/h2-6,10-11,17H,8H2,1H3/t10-,11?/m0/s1. The van der Waals surface area contributed by atoms with Gasteiger partial charge < -0.3 is 4.74 Å². The Kier molecular flexibility index (Phi) is 5.13. The molecule has 1 rings (SSSR count). The number of rotatable bonds is 5. The van der Waals surface area contributed by atoms with Crippen LogP contribution in [-0.4, -0.2) is 25.9 Å². The van der Waals surface area contributed by atoms with Crippen LogP contribution in [0, 0.1) is 11.3 Å². The summed E-state index contributed by atoms with van der Waals surface area (Å²) in [6, 6.07) is 6.88. The SMILES string of the molecule is COC[C@H](NC(C#N)C(F)(F)F)c1ccccc1. The Balaban J connectivity index is 2.84. The summed E-state index contributed by atoms with van der Waals surface area (Å²) < 4.78 is 42.4. The van der Waals surface area contributed by atoms with E-state index in [9.17, 15) is 13.2 Å². The molecule has 98 valence electrons. The molecule has 0 saturated heterocycles. The quantitative estimate of drug-likeness (QED) is 0.882. The van der Waals surface area contributed by atoms with Gasteiger partial charge in [-0.1, -0.05) is 30.3 Å². The summed E-state index contributed by atoms with van der Waals surface area (Å²) in [5, 5.41) is 10.8. The second-order valence-corrected chi connectivity index (χ2v) is 3.69. The number of methoxy groups -OCH3 is 1. The highest BCUT2D eigenvalue weighted by atomic mass is 19.4. The maximum Gasteiger partial charge on any atom is 0.417 e. The molecule has 0 aliphatic rings. The van der Waals surface area contributed by atoms with Gasteiger partial charge in [-0.05, 0) is 5.56 Å². The molecule has 1 aromatic carbocycles. The van der Waals surface area contributed by atoms with Crippen molar-refractivity contribution < 1.29 is 17.9 Å². The summed E-state index contributed by atoms with van der Waals surface area (Å²) in [6.45, 7) is 0.0538. The van der Waals surface area contributed by atoms with Crippen LogP contribution >= 0.6 is 0 Å². The molecule has 1 aromatic rings. The van der Waals surface area contributed by atoms with Gasteiger partial charge in [0.05, 0.1) is 18.7 Å². The normalized spacial score (nSPS) is 14.8. The molecule has 0 spiro atoms. The molecule has 1 N–H and O–H groups in total. The van der Waals surface area contributed by atoms with Crippen molar-refractivity contribution in [3.05, 3.63) is 35.9 Å². The van der Waals surface area contributed by atoms with Crippen molar-refractivity contribution in [2.75, 3.05) is 13.7 Å². The molecule has 0 radical (unpaired) electrons. The van der Waals surface area contributed by atoms with Gasteiger partial charge in [-0.3, -0.25) is 5.32 Å². The number of nitrogens with one attached hydrogen (secondary N) is 1. The minimum absolute atomic E-state index is 0.0538. The molecule has 0 amide bonds. The first-order valence-corrected chi connectivity index (χ1v) is 5.25. The Morgan fingerprint density at radius 3 is 2.39 bits per heavy atom. The van der Waals surface area contributed by atoms with Crippen LogP contribution in [0.2, 0.25) is 0 Å². The summed E-state index contributed by atoms with van der Waals surface area (Å²) in [4.78, 5) is 0. The van der Waals surface area contributed by atoms with E-state index in [4.69, 9.17) is 10.00 Å². The molecule has 2 atom stereocenters. The number of ether oxygens (including phenoxy) is 1. The van der Waals surface area contributed by atoms with E-state index in [0.717, 1.165) is 0 Å². The van der Waals surface area contributed by atoms with E-state index in [1.165, 1.54) is 13.2 Å². The van der Waals surface area contributed by atoms with Crippen LogP contribution in [0.1, 0.15) is 11.6 Å². The van der Waals surface area contributed by atoms with Crippen LogP contribution in [-0.2, 0) is 4.74 Å². The predicted molar refractivity (Wildman–Crippen MR) is 59.7 cm³/mol.